The highest BCUT2D eigenvalue weighted by Gasteiger charge is 2.18. The molecular weight excluding hydrogens is 360 g/mol. The molecule has 0 saturated carbocycles. The minimum absolute atomic E-state index is 0.409. The van der Waals surface area contributed by atoms with Gasteiger partial charge in [0, 0.05) is 12.1 Å². The van der Waals surface area contributed by atoms with Crippen LogP contribution in [-0.2, 0) is 6.54 Å². The third kappa shape index (κ3) is 6.26. The van der Waals surface area contributed by atoms with Gasteiger partial charge in [-0.3, -0.25) is 4.79 Å². The van der Waals surface area contributed by atoms with Gasteiger partial charge in [0.1, 0.15) is 11.5 Å². The van der Waals surface area contributed by atoms with E-state index in [1.807, 2.05) is 18.2 Å². The summed E-state index contributed by atoms with van der Waals surface area (Å²) in [5.74, 6) is 0.720. The molecule has 0 bridgehead atoms. The number of halogens is 1. The molecule has 0 aliphatic rings. The first kappa shape index (κ1) is 21.3. The van der Waals surface area contributed by atoms with Crippen molar-refractivity contribution < 1.29 is 9.53 Å². The number of hydrogen-bond acceptors (Lipinski definition) is 3. The maximum Gasteiger partial charge on any atom is 0.248 e. The van der Waals surface area contributed by atoms with Crippen molar-refractivity contribution in [2.45, 2.75) is 46.6 Å². The monoisotopic (exact) mass is 388 g/mol. The van der Waals surface area contributed by atoms with E-state index >= 15 is 0 Å². The molecule has 1 amide bonds. The topological polar surface area (TPSA) is 64.3 Å². The van der Waals surface area contributed by atoms with Gasteiger partial charge in [0.15, 0.2) is 0 Å². The summed E-state index contributed by atoms with van der Waals surface area (Å²) >= 11 is 6.36. The van der Waals surface area contributed by atoms with E-state index in [1.165, 1.54) is 12.8 Å². The fraction of sp³-hybridized carbons (Fsp3) is 0.409. The zero-order valence-corrected chi connectivity index (χ0v) is 17.1. The molecular formula is C22H29ClN2O2. The number of rotatable bonds is 10. The predicted molar refractivity (Wildman–Crippen MR) is 111 cm³/mol. The molecule has 2 aromatic rings. The fourth-order valence-electron chi connectivity index (χ4n) is 2.78. The second-order valence-electron chi connectivity index (χ2n) is 7.20. The Morgan fingerprint density at radius 2 is 1.81 bits per heavy atom. The van der Waals surface area contributed by atoms with Crippen molar-refractivity contribution in [1.29, 1.82) is 0 Å². The molecule has 4 nitrogen and oxygen atoms in total. The zero-order valence-electron chi connectivity index (χ0n) is 16.3. The first-order valence-electron chi connectivity index (χ1n) is 9.43. The quantitative estimate of drug-likeness (QED) is 0.525. The highest BCUT2D eigenvalue weighted by molar-refractivity contribution is 6.32. The van der Waals surface area contributed by atoms with Crippen LogP contribution in [-0.4, -0.2) is 12.5 Å². The SMILES string of the molecule is CCC(C)(CC)CCNCc1ccc(Oc2ccc(C(N)=O)cc2)c(Cl)c1. The van der Waals surface area contributed by atoms with E-state index in [0.29, 0.717) is 27.5 Å². The molecule has 0 radical (unpaired) electrons. The molecule has 27 heavy (non-hydrogen) atoms. The van der Waals surface area contributed by atoms with Gasteiger partial charge in [0.25, 0.3) is 0 Å². The van der Waals surface area contributed by atoms with Crippen molar-refractivity contribution in [2.75, 3.05) is 6.54 Å². The number of amides is 1. The van der Waals surface area contributed by atoms with Crippen LogP contribution in [0.15, 0.2) is 42.5 Å². The normalized spacial score (nSPS) is 11.4. The van der Waals surface area contributed by atoms with E-state index in [2.05, 4.69) is 26.1 Å². The Kier molecular flexibility index (Phi) is 7.69. The number of ether oxygens (including phenoxy) is 1. The number of nitrogens with one attached hydrogen (secondary N) is 1. The van der Waals surface area contributed by atoms with Crippen LogP contribution in [0.1, 0.15) is 56.0 Å². The van der Waals surface area contributed by atoms with Crippen LogP contribution in [0.25, 0.3) is 0 Å². The minimum atomic E-state index is -0.463. The first-order chi connectivity index (χ1) is 12.9. The summed E-state index contributed by atoms with van der Waals surface area (Å²) in [7, 11) is 0. The molecule has 0 spiro atoms. The van der Waals surface area contributed by atoms with Crippen molar-refractivity contribution >= 4 is 17.5 Å². The summed E-state index contributed by atoms with van der Waals surface area (Å²) in [6.45, 7) is 8.61. The molecule has 0 aliphatic carbocycles. The second kappa shape index (κ2) is 9.77. The van der Waals surface area contributed by atoms with E-state index in [-0.39, 0.29) is 0 Å². The Bertz CT molecular complexity index is 755. The van der Waals surface area contributed by atoms with E-state index in [1.54, 1.807) is 24.3 Å². The maximum absolute atomic E-state index is 11.1. The molecule has 3 N–H and O–H groups in total. The van der Waals surface area contributed by atoms with Crippen LogP contribution in [0.2, 0.25) is 5.02 Å². The maximum atomic E-state index is 11.1. The summed E-state index contributed by atoms with van der Waals surface area (Å²) in [6.07, 6.45) is 3.56. The lowest BCUT2D eigenvalue weighted by Crippen LogP contribution is -2.23. The number of nitrogens with two attached hydrogens (primary N) is 1. The average molecular weight is 389 g/mol. The van der Waals surface area contributed by atoms with Gasteiger partial charge in [-0.05, 0) is 60.3 Å². The molecule has 5 heteroatoms. The van der Waals surface area contributed by atoms with Crippen molar-refractivity contribution in [1.82, 2.24) is 5.32 Å². The van der Waals surface area contributed by atoms with E-state index in [0.717, 1.165) is 25.1 Å². The molecule has 2 rings (SSSR count). The molecule has 0 atom stereocenters. The average Bonchev–Trinajstić information content (AvgIpc) is 2.67. The lowest BCUT2D eigenvalue weighted by Gasteiger charge is -2.26. The van der Waals surface area contributed by atoms with Crippen molar-refractivity contribution in [2.24, 2.45) is 11.1 Å². The number of benzene rings is 2. The van der Waals surface area contributed by atoms with Gasteiger partial charge in [0.2, 0.25) is 5.91 Å². The summed E-state index contributed by atoms with van der Waals surface area (Å²) in [6, 6.07) is 12.4. The summed E-state index contributed by atoms with van der Waals surface area (Å²) in [5, 5.41) is 4.05. The molecule has 0 aromatic heterocycles. The van der Waals surface area contributed by atoms with E-state index in [4.69, 9.17) is 22.1 Å². The smallest absolute Gasteiger partial charge is 0.248 e. The molecule has 0 aliphatic heterocycles. The molecule has 0 fully saturated rings. The highest BCUT2D eigenvalue weighted by Crippen LogP contribution is 2.31. The van der Waals surface area contributed by atoms with Gasteiger partial charge in [-0.1, -0.05) is 51.3 Å². The first-order valence-corrected chi connectivity index (χ1v) is 9.81. The summed E-state index contributed by atoms with van der Waals surface area (Å²) in [5.41, 5.74) is 7.21. The number of primary amides is 1. The van der Waals surface area contributed by atoms with E-state index in [9.17, 15) is 4.79 Å². The Morgan fingerprint density at radius 3 is 2.37 bits per heavy atom. The van der Waals surface area contributed by atoms with Gasteiger partial charge in [0.05, 0.1) is 5.02 Å². The lowest BCUT2D eigenvalue weighted by atomic mass is 9.81. The van der Waals surface area contributed by atoms with Gasteiger partial charge in [-0.2, -0.15) is 0 Å². The van der Waals surface area contributed by atoms with Gasteiger partial charge in [-0.15, -0.1) is 0 Å². The molecule has 0 saturated heterocycles. The predicted octanol–water partition coefficient (Wildman–Crippen LogP) is 5.54. The Balaban J connectivity index is 1.90. The fourth-order valence-corrected chi connectivity index (χ4v) is 3.02. The van der Waals surface area contributed by atoms with Crippen LogP contribution in [0.5, 0.6) is 11.5 Å². The zero-order chi connectivity index (χ0) is 19.9. The van der Waals surface area contributed by atoms with E-state index < -0.39 is 5.91 Å². The van der Waals surface area contributed by atoms with Crippen molar-refractivity contribution in [3.8, 4) is 11.5 Å². The Labute approximate surface area is 167 Å². The largest absolute Gasteiger partial charge is 0.456 e. The number of carbonyl (C=O) groups excluding carboxylic acids is 1. The Morgan fingerprint density at radius 1 is 1.15 bits per heavy atom. The number of hydrogen-bond donors (Lipinski definition) is 2. The second-order valence-corrected chi connectivity index (χ2v) is 7.61. The Hall–Kier alpha value is -2.04. The van der Waals surface area contributed by atoms with Crippen LogP contribution in [0.3, 0.4) is 0 Å². The van der Waals surface area contributed by atoms with Gasteiger partial charge >= 0.3 is 0 Å². The van der Waals surface area contributed by atoms with Gasteiger partial charge in [-0.25, -0.2) is 0 Å². The third-order valence-electron chi connectivity index (χ3n) is 5.30. The molecule has 0 unspecified atom stereocenters. The lowest BCUT2D eigenvalue weighted by molar-refractivity contribution is 0.100. The van der Waals surface area contributed by atoms with Crippen LogP contribution in [0, 0.1) is 5.41 Å². The molecule has 0 heterocycles. The highest BCUT2D eigenvalue weighted by atomic mass is 35.5. The third-order valence-corrected chi connectivity index (χ3v) is 5.60. The van der Waals surface area contributed by atoms with Crippen LogP contribution in [0.4, 0.5) is 0 Å². The van der Waals surface area contributed by atoms with Gasteiger partial charge < -0.3 is 15.8 Å². The molecule has 146 valence electrons. The molecule has 2 aromatic carbocycles. The minimum Gasteiger partial charge on any atom is -0.456 e. The number of carbonyl (C=O) groups is 1. The van der Waals surface area contributed by atoms with Crippen molar-refractivity contribution in [3.63, 3.8) is 0 Å². The van der Waals surface area contributed by atoms with Crippen molar-refractivity contribution in [3.05, 3.63) is 58.6 Å². The van der Waals surface area contributed by atoms with Crippen LogP contribution >= 0.6 is 11.6 Å². The standard InChI is InChI=1S/C22H29ClN2O2/c1-4-22(3,5-2)12-13-25-15-16-6-11-20(19(23)14-16)27-18-9-7-17(8-10-18)21(24)26/h6-11,14,25H,4-5,12-13,15H2,1-3H3,(H2,24,26). The summed E-state index contributed by atoms with van der Waals surface area (Å²) < 4.78 is 5.79. The summed E-state index contributed by atoms with van der Waals surface area (Å²) in [4.78, 5) is 11.1. The van der Waals surface area contributed by atoms with Crippen LogP contribution < -0.4 is 15.8 Å².